The van der Waals surface area contributed by atoms with Crippen LogP contribution in [0, 0.1) is 10.1 Å². The molecule has 0 saturated carbocycles. The molecule has 1 aromatic rings. The number of nitro benzene ring substituents is 1. The summed E-state index contributed by atoms with van der Waals surface area (Å²) in [6.45, 7) is 4.68. The van der Waals surface area contributed by atoms with E-state index in [1.165, 1.54) is 0 Å². The second-order valence-electron chi connectivity index (χ2n) is 3.28. The average molecular weight is 240 g/mol. The van der Waals surface area contributed by atoms with Gasteiger partial charge in [0.2, 0.25) is 0 Å². The Kier molecular flexibility index (Phi) is 5.11. The van der Waals surface area contributed by atoms with Crippen molar-refractivity contribution in [2.24, 2.45) is 0 Å². The van der Waals surface area contributed by atoms with Gasteiger partial charge in [-0.25, -0.2) is 0 Å². The molecule has 0 aromatic heterocycles. The molecule has 1 N–H and O–H groups in total. The molecule has 0 unspecified atom stereocenters. The van der Waals surface area contributed by atoms with Crippen molar-refractivity contribution in [3.05, 3.63) is 33.9 Å². The maximum atomic E-state index is 10.9. The van der Waals surface area contributed by atoms with Crippen LogP contribution in [0.2, 0.25) is 0 Å². The Morgan fingerprint density at radius 2 is 2.19 bits per heavy atom. The van der Waals surface area contributed by atoms with Crippen LogP contribution in [0.5, 0.6) is 0 Å². The molecule has 88 valence electrons. The van der Waals surface area contributed by atoms with E-state index < -0.39 is 0 Å². The molecule has 0 heterocycles. The summed E-state index contributed by atoms with van der Waals surface area (Å²) in [5, 5.41) is 13.9. The molecule has 0 amide bonds. The molecule has 0 aliphatic carbocycles. The topological polar surface area (TPSA) is 55.2 Å². The molecular formula is C11H16N2O2S. The van der Waals surface area contributed by atoms with E-state index in [2.05, 4.69) is 12.2 Å². The van der Waals surface area contributed by atoms with Crippen molar-refractivity contribution in [2.45, 2.75) is 19.6 Å². The third kappa shape index (κ3) is 3.41. The van der Waals surface area contributed by atoms with Gasteiger partial charge in [0.15, 0.2) is 0 Å². The molecule has 0 bridgehead atoms. The average Bonchev–Trinajstić information content (AvgIpc) is 2.27. The van der Waals surface area contributed by atoms with Crippen molar-refractivity contribution < 1.29 is 4.92 Å². The Balaban J connectivity index is 2.93. The molecular weight excluding hydrogens is 224 g/mol. The number of nitrogens with one attached hydrogen (secondary N) is 1. The van der Waals surface area contributed by atoms with Gasteiger partial charge in [-0.05, 0) is 24.3 Å². The highest BCUT2D eigenvalue weighted by atomic mass is 32.2. The van der Waals surface area contributed by atoms with E-state index in [0.717, 1.165) is 17.1 Å². The van der Waals surface area contributed by atoms with Gasteiger partial charge in [-0.3, -0.25) is 10.1 Å². The van der Waals surface area contributed by atoms with Crippen molar-refractivity contribution in [1.29, 1.82) is 0 Å². The summed E-state index contributed by atoms with van der Waals surface area (Å²) in [5.41, 5.74) is 1.76. The quantitative estimate of drug-likeness (QED) is 0.612. The normalized spacial score (nSPS) is 10.1. The van der Waals surface area contributed by atoms with Crippen LogP contribution in [0.25, 0.3) is 0 Å². The van der Waals surface area contributed by atoms with Crippen LogP contribution in [0.4, 0.5) is 11.4 Å². The third-order valence-electron chi connectivity index (χ3n) is 2.10. The van der Waals surface area contributed by atoms with Gasteiger partial charge in [0.25, 0.3) is 5.69 Å². The minimum atomic E-state index is -0.335. The first-order chi connectivity index (χ1) is 7.69. The van der Waals surface area contributed by atoms with Crippen LogP contribution in [-0.2, 0) is 5.75 Å². The van der Waals surface area contributed by atoms with E-state index in [1.807, 2.05) is 13.0 Å². The zero-order valence-corrected chi connectivity index (χ0v) is 10.3. The molecule has 1 aromatic carbocycles. The number of hydrogen-bond acceptors (Lipinski definition) is 4. The molecule has 0 spiro atoms. The summed E-state index contributed by atoms with van der Waals surface area (Å²) in [6, 6.07) is 5.38. The van der Waals surface area contributed by atoms with Gasteiger partial charge in [-0.1, -0.05) is 13.0 Å². The van der Waals surface area contributed by atoms with Crippen molar-refractivity contribution in [2.75, 3.05) is 17.6 Å². The standard InChI is InChI=1S/C11H16N2O2S/c1-3-12-10-6-5-9(8-16-4-2)7-11(10)13(14)15/h5-7,12H,3-4,8H2,1-2H3. The Morgan fingerprint density at radius 1 is 1.44 bits per heavy atom. The Labute approximate surface area is 99.6 Å². The number of hydrogen-bond donors (Lipinski definition) is 1. The van der Waals surface area contributed by atoms with Crippen molar-refractivity contribution in [1.82, 2.24) is 0 Å². The molecule has 0 aliphatic rings. The van der Waals surface area contributed by atoms with Gasteiger partial charge in [-0.15, -0.1) is 0 Å². The zero-order chi connectivity index (χ0) is 12.0. The minimum Gasteiger partial charge on any atom is -0.380 e. The maximum Gasteiger partial charge on any atom is 0.292 e. The molecule has 16 heavy (non-hydrogen) atoms. The smallest absolute Gasteiger partial charge is 0.292 e. The van der Waals surface area contributed by atoms with Crippen molar-refractivity contribution in [3.8, 4) is 0 Å². The van der Waals surface area contributed by atoms with Gasteiger partial charge in [0.05, 0.1) is 4.92 Å². The van der Waals surface area contributed by atoms with Gasteiger partial charge in [0.1, 0.15) is 5.69 Å². The second-order valence-corrected chi connectivity index (χ2v) is 4.55. The van der Waals surface area contributed by atoms with Crippen molar-refractivity contribution >= 4 is 23.1 Å². The van der Waals surface area contributed by atoms with Crippen molar-refractivity contribution in [3.63, 3.8) is 0 Å². The predicted molar refractivity (Wildman–Crippen MR) is 69.1 cm³/mol. The lowest BCUT2D eigenvalue weighted by molar-refractivity contribution is -0.384. The predicted octanol–water partition coefficient (Wildman–Crippen LogP) is 3.28. The van der Waals surface area contributed by atoms with Crippen LogP contribution in [0.3, 0.4) is 0 Å². The van der Waals surface area contributed by atoms with Crippen LogP contribution >= 0.6 is 11.8 Å². The Hall–Kier alpha value is -1.23. The maximum absolute atomic E-state index is 10.9. The fourth-order valence-corrected chi connectivity index (χ4v) is 2.00. The largest absolute Gasteiger partial charge is 0.380 e. The summed E-state index contributed by atoms with van der Waals surface area (Å²) in [7, 11) is 0. The monoisotopic (exact) mass is 240 g/mol. The molecule has 0 atom stereocenters. The SMILES string of the molecule is CCNc1ccc(CSCC)cc1[N+](=O)[O-]. The third-order valence-corrected chi connectivity index (χ3v) is 3.04. The fraction of sp³-hybridized carbons (Fsp3) is 0.455. The molecule has 5 heteroatoms. The van der Waals surface area contributed by atoms with E-state index >= 15 is 0 Å². The first kappa shape index (κ1) is 12.8. The summed E-state index contributed by atoms with van der Waals surface area (Å²) in [6.07, 6.45) is 0. The lowest BCUT2D eigenvalue weighted by Crippen LogP contribution is -2.01. The fourth-order valence-electron chi connectivity index (χ4n) is 1.38. The summed E-state index contributed by atoms with van der Waals surface area (Å²) in [5.74, 6) is 1.84. The Bertz CT molecular complexity index is 369. The van der Waals surface area contributed by atoms with Crippen LogP contribution in [-0.4, -0.2) is 17.2 Å². The first-order valence-electron chi connectivity index (χ1n) is 5.28. The molecule has 4 nitrogen and oxygen atoms in total. The molecule has 0 fully saturated rings. The minimum absolute atomic E-state index is 0.163. The number of thioether (sulfide) groups is 1. The molecule has 0 saturated heterocycles. The van der Waals surface area contributed by atoms with Gasteiger partial charge in [-0.2, -0.15) is 11.8 Å². The second kappa shape index (κ2) is 6.37. The van der Waals surface area contributed by atoms with E-state index in [4.69, 9.17) is 0 Å². The summed E-state index contributed by atoms with van der Waals surface area (Å²) >= 11 is 1.76. The molecule has 1 rings (SSSR count). The lowest BCUT2D eigenvalue weighted by Gasteiger charge is -2.06. The molecule has 0 aliphatic heterocycles. The highest BCUT2D eigenvalue weighted by Crippen LogP contribution is 2.27. The van der Waals surface area contributed by atoms with Gasteiger partial charge >= 0.3 is 0 Å². The summed E-state index contributed by atoms with van der Waals surface area (Å²) < 4.78 is 0. The van der Waals surface area contributed by atoms with E-state index in [0.29, 0.717) is 12.2 Å². The number of anilines is 1. The van der Waals surface area contributed by atoms with E-state index in [9.17, 15) is 10.1 Å². The van der Waals surface area contributed by atoms with Crippen LogP contribution in [0.15, 0.2) is 18.2 Å². The van der Waals surface area contributed by atoms with Crippen LogP contribution < -0.4 is 5.32 Å². The number of rotatable bonds is 6. The first-order valence-corrected chi connectivity index (χ1v) is 6.43. The number of benzene rings is 1. The highest BCUT2D eigenvalue weighted by molar-refractivity contribution is 7.98. The van der Waals surface area contributed by atoms with E-state index in [-0.39, 0.29) is 10.6 Å². The number of nitro groups is 1. The van der Waals surface area contributed by atoms with E-state index in [1.54, 1.807) is 23.9 Å². The summed E-state index contributed by atoms with van der Waals surface area (Å²) in [4.78, 5) is 10.5. The zero-order valence-electron chi connectivity index (χ0n) is 9.53. The van der Waals surface area contributed by atoms with Gasteiger partial charge in [0, 0.05) is 18.4 Å². The Morgan fingerprint density at radius 3 is 2.75 bits per heavy atom. The van der Waals surface area contributed by atoms with Crippen LogP contribution in [0.1, 0.15) is 19.4 Å². The lowest BCUT2D eigenvalue weighted by atomic mass is 10.2. The molecule has 0 radical (unpaired) electrons. The van der Waals surface area contributed by atoms with Gasteiger partial charge < -0.3 is 5.32 Å². The number of nitrogens with zero attached hydrogens (tertiary/aromatic N) is 1. The highest BCUT2D eigenvalue weighted by Gasteiger charge is 2.13.